The molecule has 13 nitrogen and oxygen atoms in total. The Hall–Kier alpha value is -4.03. The maximum atomic E-state index is 13.6. The van der Waals surface area contributed by atoms with Crippen LogP contribution in [-0.2, 0) is 20.2 Å². The third-order valence-electron chi connectivity index (χ3n) is 5.77. The molecule has 0 unspecified atom stereocenters. The lowest BCUT2D eigenvalue weighted by molar-refractivity contribution is 0.211. The van der Waals surface area contributed by atoms with Crippen molar-refractivity contribution < 1.29 is 34.7 Å². The molecule has 0 bridgehead atoms. The van der Waals surface area contributed by atoms with E-state index in [2.05, 4.69) is 48.5 Å². The van der Waals surface area contributed by atoms with Crippen LogP contribution in [0.1, 0.15) is 17.2 Å². The van der Waals surface area contributed by atoms with Crippen LogP contribution in [0.3, 0.4) is 0 Å². The molecule has 1 aromatic heterocycles. The predicted octanol–water partition coefficient (Wildman–Crippen LogP) is 3.27. The first-order valence-corrected chi connectivity index (χ1v) is 17.1. The van der Waals surface area contributed by atoms with Gasteiger partial charge in [0.05, 0.1) is 18.6 Å². The Morgan fingerprint density at radius 3 is 1.44 bits per heavy atom. The van der Waals surface area contributed by atoms with Gasteiger partial charge in [0.2, 0.25) is 17.8 Å². The summed E-state index contributed by atoms with van der Waals surface area (Å²) >= 11 is 0. The highest BCUT2D eigenvalue weighted by Crippen LogP contribution is 2.30. The molecule has 4 N–H and O–H groups in total. The summed E-state index contributed by atoms with van der Waals surface area (Å²) in [7, 11) is -7.33. The van der Waals surface area contributed by atoms with Crippen LogP contribution in [0.4, 0.5) is 26.6 Å². The van der Waals surface area contributed by atoms with Crippen molar-refractivity contribution >= 4 is 38.1 Å². The van der Waals surface area contributed by atoms with Crippen molar-refractivity contribution in [3.8, 4) is 0 Å². The molecule has 45 heavy (non-hydrogen) atoms. The van der Waals surface area contributed by atoms with Crippen molar-refractivity contribution in [2.45, 2.75) is 6.04 Å². The Bertz CT molecular complexity index is 1480. The van der Waals surface area contributed by atoms with Crippen LogP contribution in [0.25, 0.3) is 0 Å². The van der Waals surface area contributed by atoms with E-state index in [1.54, 1.807) is 36.4 Å². The number of nitrogens with zero attached hydrogens (tertiary/aromatic N) is 5. The van der Waals surface area contributed by atoms with Crippen molar-refractivity contribution in [3.63, 3.8) is 0 Å². The lowest BCUT2D eigenvalue weighted by Crippen LogP contribution is -2.48. The molecule has 17 heteroatoms. The summed E-state index contributed by atoms with van der Waals surface area (Å²) in [4.78, 5) is 18.0. The first kappa shape index (κ1) is 37.2. The number of anilines is 3. The van der Waals surface area contributed by atoms with Gasteiger partial charge < -0.3 is 15.5 Å². The average molecular weight is 670 g/mol. The van der Waals surface area contributed by atoms with Crippen molar-refractivity contribution in [2.24, 2.45) is 0 Å². The first-order valence-electron chi connectivity index (χ1n) is 13.4. The summed E-state index contributed by atoms with van der Waals surface area (Å²) in [6.07, 6.45) is 4.91. The molecule has 1 aliphatic heterocycles. The van der Waals surface area contributed by atoms with Gasteiger partial charge in [0.25, 0.3) is 20.2 Å². The van der Waals surface area contributed by atoms with Gasteiger partial charge in [-0.3, -0.25) is 14.0 Å². The quantitative estimate of drug-likeness (QED) is 0.183. The normalized spacial score (nSPS) is 13.5. The van der Waals surface area contributed by atoms with Gasteiger partial charge in [0.1, 0.15) is 11.6 Å². The Morgan fingerprint density at radius 1 is 0.756 bits per heavy atom. The van der Waals surface area contributed by atoms with E-state index in [-0.39, 0.29) is 17.7 Å². The minimum Gasteiger partial charge on any atom is -0.351 e. The number of hydrogen-bond acceptors (Lipinski definition) is 11. The molecule has 4 rings (SSSR count). The number of halogens is 2. The summed E-state index contributed by atoms with van der Waals surface area (Å²) in [6.45, 7) is 11.3. The second-order valence-corrected chi connectivity index (χ2v) is 12.5. The lowest BCUT2D eigenvalue weighted by atomic mass is 9.96. The molecule has 0 amide bonds. The summed E-state index contributed by atoms with van der Waals surface area (Å²) < 4.78 is 78.9. The highest BCUT2D eigenvalue weighted by atomic mass is 32.2. The second-order valence-electron chi connectivity index (χ2n) is 9.62. The molecular formula is C28H37F2N7O6S2. The fraction of sp³-hybridized carbons (Fsp3) is 0.321. The molecule has 3 aromatic rings. The summed E-state index contributed by atoms with van der Waals surface area (Å²) in [5, 5.41) is 6.25. The highest BCUT2D eigenvalue weighted by Gasteiger charge is 2.28. The van der Waals surface area contributed by atoms with E-state index in [4.69, 9.17) is 9.11 Å². The van der Waals surface area contributed by atoms with Gasteiger partial charge in [-0.1, -0.05) is 36.4 Å². The van der Waals surface area contributed by atoms with Crippen molar-refractivity contribution in [3.05, 3.63) is 96.6 Å². The van der Waals surface area contributed by atoms with Crippen LogP contribution in [0.2, 0.25) is 0 Å². The van der Waals surface area contributed by atoms with Crippen LogP contribution in [0, 0.1) is 11.6 Å². The van der Waals surface area contributed by atoms with Gasteiger partial charge in [0, 0.05) is 39.3 Å². The fourth-order valence-electron chi connectivity index (χ4n) is 4.08. The third kappa shape index (κ3) is 15.0. The molecule has 0 aliphatic carbocycles. The van der Waals surface area contributed by atoms with E-state index in [0.717, 1.165) is 24.2 Å². The molecule has 2 heterocycles. The summed E-state index contributed by atoms with van der Waals surface area (Å²) in [5.74, 6) is 0.956. The minimum absolute atomic E-state index is 0.119. The number of hydrogen-bond donors (Lipinski definition) is 4. The molecule has 0 radical (unpaired) electrons. The molecule has 1 fully saturated rings. The third-order valence-corrected chi connectivity index (χ3v) is 5.77. The Kier molecular flexibility index (Phi) is 14.4. The zero-order valence-corrected chi connectivity index (χ0v) is 26.5. The maximum absolute atomic E-state index is 13.6. The second kappa shape index (κ2) is 17.5. The summed E-state index contributed by atoms with van der Waals surface area (Å²) in [6, 6.07) is 12.9. The number of piperazine rings is 1. The summed E-state index contributed by atoms with van der Waals surface area (Å²) in [5.41, 5.74) is 1.91. The van der Waals surface area contributed by atoms with E-state index in [1.165, 1.54) is 24.3 Å². The van der Waals surface area contributed by atoms with Crippen molar-refractivity contribution in [1.82, 2.24) is 19.9 Å². The fourth-order valence-corrected chi connectivity index (χ4v) is 4.08. The van der Waals surface area contributed by atoms with E-state index in [0.29, 0.717) is 56.5 Å². The molecule has 0 spiro atoms. The zero-order valence-electron chi connectivity index (χ0n) is 24.8. The number of aromatic nitrogens is 3. The SMILES string of the molecule is C=CCNc1nc(NCC=C)nc(N2CCN(C(c3ccc(F)cc3)c3ccc(F)cc3)CC2)n1.CS(=O)(=O)O.CS(=O)(=O)O. The largest absolute Gasteiger partial charge is 0.351 e. The van der Waals surface area contributed by atoms with Crippen LogP contribution in [0.5, 0.6) is 0 Å². The van der Waals surface area contributed by atoms with Gasteiger partial charge in [-0.25, -0.2) is 8.78 Å². The van der Waals surface area contributed by atoms with Gasteiger partial charge >= 0.3 is 0 Å². The minimum atomic E-state index is -3.67. The molecule has 1 saturated heterocycles. The van der Waals surface area contributed by atoms with Crippen LogP contribution >= 0.6 is 0 Å². The molecule has 246 valence electrons. The van der Waals surface area contributed by atoms with Crippen LogP contribution in [-0.4, -0.2) is 97.6 Å². The number of nitrogens with one attached hydrogen (secondary N) is 2. The predicted molar refractivity (Wildman–Crippen MR) is 171 cm³/mol. The van der Waals surface area contributed by atoms with E-state index < -0.39 is 20.2 Å². The first-order chi connectivity index (χ1) is 21.1. The van der Waals surface area contributed by atoms with Crippen molar-refractivity contribution in [2.75, 3.05) is 67.3 Å². The van der Waals surface area contributed by atoms with Crippen LogP contribution < -0.4 is 15.5 Å². The van der Waals surface area contributed by atoms with Gasteiger partial charge in [0.15, 0.2) is 0 Å². The maximum Gasteiger partial charge on any atom is 0.261 e. The Morgan fingerprint density at radius 2 is 1.11 bits per heavy atom. The topological polar surface area (TPSA) is 178 Å². The van der Waals surface area contributed by atoms with E-state index >= 15 is 0 Å². The van der Waals surface area contributed by atoms with Crippen LogP contribution in [0.15, 0.2) is 73.8 Å². The number of rotatable bonds is 10. The molecule has 0 saturated carbocycles. The molecular weight excluding hydrogens is 632 g/mol. The molecule has 2 aromatic carbocycles. The standard InChI is InChI=1S/C26H29F2N7.2CH4O3S/c1-3-13-29-24-31-25(30-14-4-2)33-26(32-24)35-17-15-34(16-18-35)23(19-5-9-21(27)10-6-19)20-7-11-22(28)12-8-20;2*1-5(2,3)4/h3-12,23H,1-2,13-18H2,(H2,29,30,31,32,33);2*1H3,(H,2,3,4). The Labute approximate surface area is 262 Å². The van der Waals surface area contributed by atoms with Gasteiger partial charge in [-0.15, -0.1) is 13.2 Å². The number of benzene rings is 2. The van der Waals surface area contributed by atoms with E-state index in [9.17, 15) is 25.6 Å². The average Bonchev–Trinajstić information content (AvgIpc) is 2.96. The smallest absolute Gasteiger partial charge is 0.261 e. The van der Waals surface area contributed by atoms with E-state index in [1.807, 2.05) is 0 Å². The van der Waals surface area contributed by atoms with Gasteiger partial charge in [-0.2, -0.15) is 31.8 Å². The highest BCUT2D eigenvalue weighted by molar-refractivity contribution is 7.85. The lowest BCUT2D eigenvalue weighted by Gasteiger charge is -2.39. The molecule has 0 atom stereocenters. The van der Waals surface area contributed by atoms with Crippen molar-refractivity contribution in [1.29, 1.82) is 0 Å². The monoisotopic (exact) mass is 669 g/mol. The van der Waals surface area contributed by atoms with Gasteiger partial charge in [-0.05, 0) is 35.4 Å². The Balaban J connectivity index is 0.000000613. The molecule has 1 aliphatic rings. The zero-order chi connectivity index (χ0) is 33.6.